The average molecular weight is 443 g/mol. The van der Waals surface area contributed by atoms with Gasteiger partial charge in [-0.05, 0) is 24.6 Å². The number of nitrogens with one attached hydrogen (secondary N) is 1. The van der Waals surface area contributed by atoms with Gasteiger partial charge in [0.25, 0.3) is 5.56 Å². The Morgan fingerprint density at radius 1 is 1.16 bits per heavy atom. The van der Waals surface area contributed by atoms with Crippen LogP contribution in [0.4, 0.5) is 5.69 Å². The molecule has 11 nitrogen and oxygen atoms in total. The van der Waals surface area contributed by atoms with Gasteiger partial charge in [-0.2, -0.15) is 5.10 Å². The van der Waals surface area contributed by atoms with E-state index in [4.69, 9.17) is 11.6 Å². The van der Waals surface area contributed by atoms with Crippen molar-refractivity contribution in [1.82, 2.24) is 33.4 Å². The predicted octanol–water partition coefficient (Wildman–Crippen LogP) is 1.09. The summed E-state index contributed by atoms with van der Waals surface area (Å²) < 4.78 is 5.55. The van der Waals surface area contributed by atoms with Gasteiger partial charge in [0.1, 0.15) is 12.7 Å². The maximum Gasteiger partial charge on any atom is 0.332 e. The lowest BCUT2D eigenvalue weighted by Crippen LogP contribution is -2.37. The van der Waals surface area contributed by atoms with E-state index in [9.17, 15) is 14.4 Å². The van der Waals surface area contributed by atoms with Gasteiger partial charge in [0, 0.05) is 32.1 Å². The van der Waals surface area contributed by atoms with Crippen molar-refractivity contribution in [2.75, 3.05) is 5.32 Å². The third-order valence-corrected chi connectivity index (χ3v) is 5.15. The van der Waals surface area contributed by atoms with Gasteiger partial charge in [0.15, 0.2) is 11.2 Å². The topological polar surface area (TPSA) is 122 Å². The lowest BCUT2D eigenvalue weighted by Gasteiger charge is -2.11. The standard InChI is InChI=1S/C19H19ClN8O3/c1-25-17-16(18(30)26(2)19(25)31)27(11-22-17)7-3-4-15(29)24-13-8-12(20)5-6-14(13)28-10-21-9-23-28/h5-6,8-11H,3-4,7H2,1-2H3,(H,24,29). The first-order valence-corrected chi connectivity index (χ1v) is 9.80. The number of aryl methyl sites for hydroxylation is 2. The van der Waals surface area contributed by atoms with Gasteiger partial charge >= 0.3 is 5.69 Å². The van der Waals surface area contributed by atoms with Crippen molar-refractivity contribution < 1.29 is 4.79 Å². The molecule has 0 radical (unpaired) electrons. The summed E-state index contributed by atoms with van der Waals surface area (Å²) >= 11 is 6.08. The van der Waals surface area contributed by atoms with Crippen LogP contribution in [-0.4, -0.2) is 39.4 Å². The Labute approximate surface area is 180 Å². The van der Waals surface area contributed by atoms with E-state index in [0.717, 1.165) is 4.57 Å². The van der Waals surface area contributed by atoms with Gasteiger partial charge in [-0.1, -0.05) is 11.6 Å². The highest BCUT2D eigenvalue weighted by Gasteiger charge is 2.15. The quantitative estimate of drug-likeness (QED) is 0.477. The van der Waals surface area contributed by atoms with E-state index in [-0.39, 0.29) is 12.3 Å². The number of rotatable bonds is 6. The minimum Gasteiger partial charge on any atom is -0.325 e. The van der Waals surface area contributed by atoms with Crippen LogP contribution in [0.2, 0.25) is 5.02 Å². The first-order chi connectivity index (χ1) is 14.9. The Morgan fingerprint density at radius 2 is 1.97 bits per heavy atom. The van der Waals surface area contributed by atoms with Crippen LogP contribution in [0.25, 0.3) is 16.9 Å². The van der Waals surface area contributed by atoms with Crippen molar-refractivity contribution in [3.63, 3.8) is 0 Å². The lowest BCUT2D eigenvalue weighted by atomic mass is 10.2. The van der Waals surface area contributed by atoms with Crippen LogP contribution in [-0.2, 0) is 25.4 Å². The normalized spacial score (nSPS) is 11.2. The van der Waals surface area contributed by atoms with Crippen molar-refractivity contribution in [2.45, 2.75) is 19.4 Å². The molecule has 0 aliphatic heterocycles. The third kappa shape index (κ3) is 3.87. The zero-order chi connectivity index (χ0) is 22.1. The molecule has 0 saturated carbocycles. The summed E-state index contributed by atoms with van der Waals surface area (Å²) in [5, 5.41) is 7.41. The minimum absolute atomic E-state index is 0.203. The Bertz CT molecular complexity index is 1380. The summed E-state index contributed by atoms with van der Waals surface area (Å²) in [6, 6.07) is 5.08. The molecule has 1 aromatic carbocycles. The zero-order valence-electron chi connectivity index (χ0n) is 16.8. The molecule has 12 heteroatoms. The molecule has 0 bridgehead atoms. The molecule has 3 aromatic heterocycles. The van der Waals surface area contributed by atoms with Crippen LogP contribution in [0.15, 0.2) is 46.8 Å². The minimum atomic E-state index is -0.438. The summed E-state index contributed by atoms with van der Waals surface area (Å²) in [4.78, 5) is 45.1. The highest BCUT2D eigenvalue weighted by Crippen LogP contribution is 2.24. The van der Waals surface area contributed by atoms with Crippen molar-refractivity contribution in [3.8, 4) is 5.69 Å². The Balaban J connectivity index is 1.47. The molecule has 4 rings (SSSR count). The summed E-state index contributed by atoms with van der Waals surface area (Å²) in [5.41, 5.74) is 0.936. The first kappa shape index (κ1) is 20.5. The van der Waals surface area contributed by atoms with E-state index < -0.39 is 11.2 Å². The molecule has 0 saturated heterocycles. The van der Waals surface area contributed by atoms with Gasteiger partial charge in [-0.3, -0.25) is 18.7 Å². The number of anilines is 1. The molecule has 0 unspecified atom stereocenters. The molecular weight excluding hydrogens is 424 g/mol. The van der Waals surface area contributed by atoms with Crippen LogP contribution < -0.4 is 16.6 Å². The Morgan fingerprint density at radius 3 is 2.71 bits per heavy atom. The highest BCUT2D eigenvalue weighted by atomic mass is 35.5. The monoisotopic (exact) mass is 442 g/mol. The fraction of sp³-hybridized carbons (Fsp3) is 0.263. The van der Waals surface area contributed by atoms with Crippen LogP contribution in [0.1, 0.15) is 12.8 Å². The molecule has 0 fully saturated rings. The van der Waals surface area contributed by atoms with Gasteiger partial charge in [0.2, 0.25) is 5.91 Å². The second-order valence-corrected chi connectivity index (χ2v) is 7.41. The Hall–Kier alpha value is -3.73. The summed E-state index contributed by atoms with van der Waals surface area (Å²) in [6.07, 6.45) is 5.09. The van der Waals surface area contributed by atoms with Crippen LogP contribution in [0, 0.1) is 0 Å². The number of benzene rings is 1. The predicted molar refractivity (Wildman–Crippen MR) is 114 cm³/mol. The number of amides is 1. The molecule has 160 valence electrons. The largest absolute Gasteiger partial charge is 0.332 e. The molecular formula is C19H19ClN8O3. The number of hydrogen-bond donors (Lipinski definition) is 1. The summed E-state index contributed by atoms with van der Waals surface area (Å²) in [6.45, 7) is 0.392. The number of nitrogens with zero attached hydrogens (tertiary/aromatic N) is 7. The molecule has 1 amide bonds. The second kappa shape index (κ2) is 8.19. The number of carbonyl (C=O) groups excluding carboxylic acids is 1. The van der Waals surface area contributed by atoms with Crippen molar-refractivity contribution in [3.05, 3.63) is 63.0 Å². The van der Waals surface area contributed by atoms with Crippen molar-refractivity contribution in [1.29, 1.82) is 0 Å². The number of fused-ring (bicyclic) bond motifs is 1. The molecule has 0 spiro atoms. The SMILES string of the molecule is Cn1c(=O)c2c(ncn2CCCC(=O)Nc2cc(Cl)ccc2-n2cncn2)n(C)c1=O. The fourth-order valence-corrected chi connectivity index (χ4v) is 3.50. The maximum absolute atomic E-state index is 12.5. The molecule has 0 aliphatic carbocycles. The van der Waals surface area contributed by atoms with E-state index in [2.05, 4.69) is 20.4 Å². The van der Waals surface area contributed by atoms with Crippen LogP contribution in [0.3, 0.4) is 0 Å². The van der Waals surface area contributed by atoms with E-state index >= 15 is 0 Å². The molecule has 0 aliphatic rings. The fourth-order valence-electron chi connectivity index (χ4n) is 3.33. The molecule has 0 atom stereocenters. The smallest absolute Gasteiger partial charge is 0.325 e. The second-order valence-electron chi connectivity index (χ2n) is 6.97. The molecule has 3 heterocycles. The number of carbonyl (C=O) groups is 1. The summed E-state index contributed by atoms with van der Waals surface area (Å²) in [5.74, 6) is -0.214. The van der Waals surface area contributed by atoms with E-state index in [1.807, 2.05) is 0 Å². The zero-order valence-corrected chi connectivity index (χ0v) is 17.6. The van der Waals surface area contributed by atoms with Crippen molar-refractivity contribution in [2.24, 2.45) is 14.1 Å². The van der Waals surface area contributed by atoms with E-state index in [1.54, 1.807) is 29.8 Å². The highest BCUT2D eigenvalue weighted by molar-refractivity contribution is 6.31. The molecule has 1 N–H and O–H groups in total. The van der Waals surface area contributed by atoms with Crippen LogP contribution >= 0.6 is 11.6 Å². The number of aromatic nitrogens is 7. The van der Waals surface area contributed by atoms with Crippen LogP contribution in [0.5, 0.6) is 0 Å². The van der Waals surface area contributed by atoms with Gasteiger partial charge in [-0.25, -0.2) is 19.4 Å². The van der Waals surface area contributed by atoms with Crippen molar-refractivity contribution >= 4 is 34.4 Å². The van der Waals surface area contributed by atoms with E-state index in [1.165, 1.54) is 35.3 Å². The van der Waals surface area contributed by atoms with Gasteiger partial charge in [-0.15, -0.1) is 0 Å². The summed E-state index contributed by atoms with van der Waals surface area (Å²) in [7, 11) is 2.99. The Kier molecular flexibility index (Phi) is 5.42. The average Bonchev–Trinajstić information content (AvgIpc) is 3.41. The third-order valence-electron chi connectivity index (χ3n) is 4.92. The van der Waals surface area contributed by atoms with E-state index in [0.29, 0.717) is 40.5 Å². The van der Waals surface area contributed by atoms with Gasteiger partial charge in [0.05, 0.1) is 17.7 Å². The molecule has 4 aromatic rings. The number of imidazole rings is 1. The van der Waals surface area contributed by atoms with Gasteiger partial charge < -0.3 is 9.88 Å². The number of halogens is 1. The lowest BCUT2D eigenvalue weighted by molar-refractivity contribution is -0.116. The maximum atomic E-state index is 12.5. The molecule has 31 heavy (non-hydrogen) atoms. The first-order valence-electron chi connectivity index (χ1n) is 9.42. The number of hydrogen-bond acceptors (Lipinski definition) is 6.